The van der Waals surface area contributed by atoms with Gasteiger partial charge in [-0.15, -0.1) is 4.40 Å². The van der Waals surface area contributed by atoms with Crippen LogP contribution in [0.4, 0.5) is 5.69 Å². The fourth-order valence-corrected chi connectivity index (χ4v) is 2.48. The Labute approximate surface area is 128 Å². The van der Waals surface area contributed by atoms with E-state index in [1.165, 1.54) is 0 Å². The van der Waals surface area contributed by atoms with Gasteiger partial charge >= 0.3 is 0 Å². The lowest BCUT2D eigenvalue weighted by molar-refractivity contribution is -0.121. The van der Waals surface area contributed by atoms with E-state index in [4.69, 9.17) is 5.73 Å². The molecule has 1 amide bonds. The number of guanidine groups is 1. The predicted octanol–water partition coefficient (Wildman–Crippen LogP) is 0.233. The first-order valence-corrected chi connectivity index (χ1v) is 8.39. The highest BCUT2D eigenvalue weighted by atomic mass is 32.2. The number of amides is 1. The van der Waals surface area contributed by atoms with Gasteiger partial charge in [-0.05, 0) is 17.7 Å². The first kappa shape index (κ1) is 16.0. The standard InChI is InChI=1S/C13H17N5O3S/c1-8-7-11(19)16-17-12(8)9-3-5-10(6-4-9)15-13(14)18-22(2,20)21/h3-6,8H,7H2,1-2H3,(H,16,19)(H3,14,15,18). The Bertz CT molecular complexity index is 737. The number of benzene rings is 1. The number of sulfonamides is 1. The maximum atomic E-state index is 11.2. The zero-order valence-corrected chi connectivity index (χ0v) is 13.0. The Morgan fingerprint density at radius 1 is 1.41 bits per heavy atom. The van der Waals surface area contributed by atoms with Gasteiger partial charge in [0.05, 0.1) is 12.0 Å². The van der Waals surface area contributed by atoms with Crippen molar-refractivity contribution in [3.8, 4) is 0 Å². The third kappa shape index (κ3) is 4.29. The third-order valence-electron chi connectivity index (χ3n) is 2.98. The number of nitrogens with zero attached hydrogens (tertiary/aromatic N) is 2. The average Bonchev–Trinajstić information content (AvgIpc) is 2.38. The lowest BCUT2D eigenvalue weighted by Crippen LogP contribution is -2.31. The van der Waals surface area contributed by atoms with Gasteiger partial charge in [-0.3, -0.25) is 4.79 Å². The van der Waals surface area contributed by atoms with Crippen molar-refractivity contribution in [3.63, 3.8) is 0 Å². The molecule has 22 heavy (non-hydrogen) atoms. The van der Waals surface area contributed by atoms with E-state index in [-0.39, 0.29) is 17.8 Å². The zero-order chi connectivity index (χ0) is 16.3. The Hall–Kier alpha value is -2.42. The number of hydrogen-bond donors (Lipinski definition) is 3. The van der Waals surface area contributed by atoms with E-state index in [1.807, 2.05) is 19.1 Å². The summed E-state index contributed by atoms with van der Waals surface area (Å²) in [5, 5.41) is 6.76. The molecule has 1 heterocycles. The zero-order valence-electron chi connectivity index (χ0n) is 12.2. The Balaban J connectivity index is 2.14. The van der Waals surface area contributed by atoms with E-state index in [0.717, 1.165) is 17.5 Å². The molecule has 8 nitrogen and oxygen atoms in total. The van der Waals surface area contributed by atoms with Crippen molar-refractivity contribution < 1.29 is 13.2 Å². The van der Waals surface area contributed by atoms with Gasteiger partial charge in [0.15, 0.2) is 0 Å². The molecule has 1 aliphatic heterocycles. The van der Waals surface area contributed by atoms with Crippen LogP contribution in [0.2, 0.25) is 0 Å². The average molecular weight is 323 g/mol. The van der Waals surface area contributed by atoms with Crippen molar-refractivity contribution in [2.24, 2.45) is 21.2 Å². The van der Waals surface area contributed by atoms with Gasteiger partial charge in [-0.1, -0.05) is 19.1 Å². The summed E-state index contributed by atoms with van der Waals surface area (Å²) in [6, 6.07) is 7.07. The number of nitrogens with one attached hydrogen (secondary N) is 2. The highest BCUT2D eigenvalue weighted by Crippen LogP contribution is 2.18. The summed E-state index contributed by atoms with van der Waals surface area (Å²) >= 11 is 0. The van der Waals surface area contributed by atoms with Crippen LogP contribution in [0, 0.1) is 5.92 Å². The van der Waals surface area contributed by atoms with E-state index in [9.17, 15) is 13.2 Å². The molecule has 0 bridgehead atoms. The van der Waals surface area contributed by atoms with Crippen LogP contribution in [0.5, 0.6) is 0 Å². The third-order valence-corrected chi connectivity index (χ3v) is 3.51. The molecule has 0 saturated heterocycles. The molecule has 0 aliphatic carbocycles. The van der Waals surface area contributed by atoms with Gasteiger partial charge < -0.3 is 11.1 Å². The van der Waals surface area contributed by atoms with E-state index < -0.39 is 10.0 Å². The first-order valence-electron chi connectivity index (χ1n) is 6.54. The fourth-order valence-electron chi connectivity index (χ4n) is 2.08. The number of rotatable bonds is 3. The second-order valence-electron chi connectivity index (χ2n) is 5.05. The maximum Gasteiger partial charge on any atom is 0.253 e. The van der Waals surface area contributed by atoms with Crippen LogP contribution in [0.1, 0.15) is 18.9 Å². The first-order chi connectivity index (χ1) is 10.2. The molecule has 0 fully saturated rings. The second-order valence-corrected chi connectivity index (χ2v) is 6.70. The van der Waals surface area contributed by atoms with E-state index >= 15 is 0 Å². The van der Waals surface area contributed by atoms with Gasteiger partial charge in [-0.2, -0.15) is 5.10 Å². The molecule has 118 valence electrons. The van der Waals surface area contributed by atoms with E-state index in [1.54, 1.807) is 12.1 Å². The molecule has 1 atom stereocenters. The second kappa shape index (κ2) is 6.14. The van der Waals surface area contributed by atoms with Gasteiger partial charge in [0.2, 0.25) is 11.9 Å². The Kier molecular flexibility index (Phi) is 4.45. The summed E-state index contributed by atoms with van der Waals surface area (Å²) in [5.41, 5.74) is 10.2. The minimum Gasteiger partial charge on any atom is -0.369 e. The van der Waals surface area contributed by atoms with Gasteiger partial charge in [0, 0.05) is 18.0 Å². The van der Waals surface area contributed by atoms with Crippen molar-refractivity contribution in [2.45, 2.75) is 13.3 Å². The lowest BCUT2D eigenvalue weighted by atomic mass is 9.94. The molecule has 2 rings (SSSR count). The van der Waals surface area contributed by atoms with Crippen molar-refractivity contribution in [1.29, 1.82) is 0 Å². The monoisotopic (exact) mass is 323 g/mol. The van der Waals surface area contributed by atoms with Gasteiger partial charge in [0.25, 0.3) is 10.0 Å². The molecule has 4 N–H and O–H groups in total. The normalized spacial score (nSPS) is 19.4. The number of nitrogens with two attached hydrogens (primary N) is 1. The van der Waals surface area contributed by atoms with Crippen LogP contribution in [0.3, 0.4) is 0 Å². The summed E-state index contributed by atoms with van der Waals surface area (Å²) in [6.07, 6.45) is 1.36. The number of anilines is 1. The molecule has 0 aromatic heterocycles. The molecule has 0 radical (unpaired) electrons. The van der Waals surface area contributed by atoms with Crippen LogP contribution in [0.25, 0.3) is 0 Å². The van der Waals surface area contributed by atoms with Gasteiger partial charge in [0.1, 0.15) is 0 Å². The number of carbonyl (C=O) groups excluding carboxylic acids is 1. The Morgan fingerprint density at radius 2 is 2.05 bits per heavy atom. The topological polar surface area (TPSA) is 126 Å². The van der Waals surface area contributed by atoms with Crippen LogP contribution in [-0.4, -0.2) is 32.3 Å². The molecule has 9 heteroatoms. The van der Waals surface area contributed by atoms with Crippen LogP contribution >= 0.6 is 0 Å². The smallest absolute Gasteiger partial charge is 0.253 e. The number of hydrogen-bond acceptors (Lipinski definition) is 4. The molecular formula is C13H17N5O3S. The summed E-state index contributed by atoms with van der Waals surface area (Å²) in [5.74, 6) is -0.269. The number of carbonyl (C=O) groups is 1. The van der Waals surface area contributed by atoms with E-state index in [0.29, 0.717) is 12.1 Å². The molecule has 1 aromatic rings. The van der Waals surface area contributed by atoms with Crippen molar-refractivity contribution in [2.75, 3.05) is 11.6 Å². The highest BCUT2D eigenvalue weighted by molar-refractivity contribution is 7.89. The number of hydrazone groups is 1. The van der Waals surface area contributed by atoms with Crippen molar-refractivity contribution in [1.82, 2.24) is 5.43 Å². The van der Waals surface area contributed by atoms with Crippen LogP contribution in [0.15, 0.2) is 33.8 Å². The molecule has 1 aliphatic rings. The van der Waals surface area contributed by atoms with Gasteiger partial charge in [-0.25, -0.2) is 13.8 Å². The van der Waals surface area contributed by atoms with Crippen LogP contribution < -0.4 is 16.5 Å². The molecule has 1 unspecified atom stereocenters. The minimum atomic E-state index is -3.54. The van der Waals surface area contributed by atoms with E-state index in [2.05, 4.69) is 20.2 Å². The molecule has 0 spiro atoms. The molecule has 1 aromatic carbocycles. The maximum absolute atomic E-state index is 11.2. The highest BCUT2D eigenvalue weighted by Gasteiger charge is 2.21. The predicted molar refractivity (Wildman–Crippen MR) is 85.0 cm³/mol. The van der Waals surface area contributed by atoms with Crippen LogP contribution in [-0.2, 0) is 14.8 Å². The minimum absolute atomic E-state index is 0.0319. The summed E-state index contributed by atoms with van der Waals surface area (Å²) < 4.78 is 25.3. The quantitative estimate of drug-likeness (QED) is 0.542. The summed E-state index contributed by atoms with van der Waals surface area (Å²) in [7, 11) is -3.54. The fraction of sp³-hybridized carbons (Fsp3) is 0.308. The molecule has 0 saturated carbocycles. The SMILES string of the molecule is CC1CC(=O)NN=C1c1ccc(N/C(N)=N/S(C)(=O)=O)cc1. The summed E-state index contributed by atoms with van der Waals surface area (Å²) in [6.45, 7) is 1.93. The largest absolute Gasteiger partial charge is 0.369 e. The van der Waals surface area contributed by atoms with Crippen molar-refractivity contribution >= 4 is 33.3 Å². The Morgan fingerprint density at radius 3 is 2.59 bits per heavy atom. The summed E-state index contributed by atoms with van der Waals surface area (Å²) in [4.78, 5) is 11.2. The van der Waals surface area contributed by atoms with Crippen molar-refractivity contribution in [3.05, 3.63) is 29.8 Å². The lowest BCUT2D eigenvalue weighted by Gasteiger charge is -2.19. The molecular weight excluding hydrogens is 306 g/mol.